The molecule has 2 N–H and O–H groups in total. The van der Waals surface area contributed by atoms with Crippen molar-refractivity contribution in [1.82, 2.24) is 9.97 Å². The molecule has 0 aliphatic heterocycles. The van der Waals surface area contributed by atoms with Crippen LogP contribution in [0.25, 0.3) is 0 Å². The van der Waals surface area contributed by atoms with E-state index in [9.17, 15) is 4.79 Å². The summed E-state index contributed by atoms with van der Waals surface area (Å²) in [7, 11) is 0. The molecule has 0 fully saturated rings. The van der Waals surface area contributed by atoms with Crippen LogP contribution < -0.4 is 15.4 Å². The van der Waals surface area contributed by atoms with Crippen LogP contribution >= 0.6 is 0 Å². The van der Waals surface area contributed by atoms with Gasteiger partial charge in [0.05, 0.1) is 0 Å². The van der Waals surface area contributed by atoms with Crippen LogP contribution in [0.15, 0.2) is 60.7 Å². The minimum atomic E-state index is -0.279. The molecule has 0 unspecified atom stereocenters. The summed E-state index contributed by atoms with van der Waals surface area (Å²) >= 11 is 0. The maximum atomic E-state index is 12.6. The first kappa shape index (κ1) is 20.3. The average molecular weight is 390 g/mol. The van der Waals surface area contributed by atoms with E-state index in [1.807, 2.05) is 42.5 Å². The quantitative estimate of drug-likeness (QED) is 0.547. The Kier molecular flexibility index (Phi) is 6.79. The molecule has 0 aliphatic rings. The molecule has 0 bridgehead atoms. The minimum Gasteiger partial charge on any atom is -0.457 e. The number of aryl methyl sites for hydroxylation is 1. The lowest BCUT2D eigenvalue weighted by molar-refractivity contribution is 0.102. The van der Waals surface area contributed by atoms with Crippen molar-refractivity contribution in [2.45, 2.75) is 27.2 Å². The van der Waals surface area contributed by atoms with Crippen LogP contribution in [0, 0.1) is 12.8 Å². The Morgan fingerprint density at radius 1 is 1.00 bits per heavy atom. The van der Waals surface area contributed by atoms with Gasteiger partial charge in [-0.3, -0.25) is 4.79 Å². The van der Waals surface area contributed by atoms with E-state index in [4.69, 9.17) is 4.74 Å². The SMILES string of the molecule is Cc1nc(NCCC(C)C)cc(C(=O)Nc2ccc(Oc3ccccc3)cc2)n1. The van der Waals surface area contributed by atoms with Gasteiger partial charge in [0.25, 0.3) is 5.91 Å². The van der Waals surface area contributed by atoms with Crippen LogP contribution in [0.2, 0.25) is 0 Å². The molecule has 6 nitrogen and oxygen atoms in total. The Hall–Kier alpha value is -3.41. The monoisotopic (exact) mass is 390 g/mol. The van der Waals surface area contributed by atoms with E-state index in [1.165, 1.54) is 0 Å². The highest BCUT2D eigenvalue weighted by Gasteiger charge is 2.11. The van der Waals surface area contributed by atoms with Crippen LogP contribution in [-0.4, -0.2) is 22.4 Å². The fourth-order valence-corrected chi connectivity index (χ4v) is 2.69. The summed E-state index contributed by atoms with van der Waals surface area (Å²) in [4.78, 5) is 21.2. The summed E-state index contributed by atoms with van der Waals surface area (Å²) in [5.41, 5.74) is 0.996. The van der Waals surface area contributed by atoms with Crippen LogP contribution in [-0.2, 0) is 0 Å². The first-order valence-electron chi connectivity index (χ1n) is 9.73. The third-order valence-corrected chi connectivity index (χ3v) is 4.19. The standard InChI is InChI=1S/C23H26N4O2/c1-16(2)13-14-24-22-15-21(25-17(3)26-22)23(28)27-18-9-11-20(12-10-18)29-19-7-5-4-6-8-19/h4-12,15-16H,13-14H2,1-3H3,(H,27,28)(H,24,25,26). The van der Waals surface area contributed by atoms with Gasteiger partial charge in [-0.2, -0.15) is 0 Å². The number of anilines is 2. The third kappa shape index (κ3) is 6.31. The Morgan fingerprint density at radius 2 is 1.69 bits per heavy atom. The fraction of sp³-hybridized carbons (Fsp3) is 0.261. The molecule has 2 aromatic carbocycles. The molecule has 0 radical (unpaired) electrons. The van der Waals surface area contributed by atoms with Crippen molar-refractivity contribution in [3.8, 4) is 11.5 Å². The van der Waals surface area contributed by atoms with Crippen molar-refractivity contribution in [2.75, 3.05) is 17.2 Å². The smallest absolute Gasteiger partial charge is 0.274 e. The highest BCUT2D eigenvalue weighted by Crippen LogP contribution is 2.23. The van der Waals surface area contributed by atoms with Gasteiger partial charge in [0.15, 0.2) is 0 Å². The van der Waals surface area contributed by atoms with E-state index in [1.54, 1.807) is 25.1 Å². The summed E-state index contributed by atoms with van der Waals surface area (Å²) in [6, 6.07) is 18.4. The zero-order valence-corrected chi connectivity index (χ0v) is 17.0. The highest BCUT2D eigenvalue weighted by atomic mass is 16.5. The third-order valence-electron chi connectivity index (χ3n) is 4.19. The minimum absolute atomic E-state index is 0.279. The van der Waals surface area contributed by atoms with Crippen molar-refractivity contribution in [2.24, 2.45) is 5.92 Å². The van der Waals surface area contributed by atoms with Gasteiger partial charge in [-0.05, 0) is 55.7 Å². The Bertz CT molecular complexity index is 941. The molecule has 150 valence electrons. The zero-order chi connectivity index (χ0) is 20.6. The number of aromatic nitrogens is 2. The maximum absolute atomic E-state index is 12.6. The first-order valence-corrected chi connectivity index (χ1v) is 9.73. The van der Waals surface area contributed by atoms with Gasteiger partial charge in [0.1, 0.15) is 28.8 Å². The van der Waals surface area contributed by atoms with Gasteiger partial charge in [-0.1, -0.05) is 32.0 Å². The van der Waals surface area contributed by atoms with Crippen molar-refractivity contribution in [1.29, 1.82) is 0 Å². The van der Waals surface area contributed by atoms with Crippen molar-refractivity contribution >= 4 is 17.4 Å². The highest BCUT2D eigenvalue weighted by molar-refractivity contribution is 6.03. The normalized spacial score (nSPS) is 10.6. The van der Waals surface area contributed by atoms with E-state index in [2.05, 4.69) is 34.4 Å². The Labute approximate surface area is 171 Å². The molecule has 0 atom stereocenters. The molecule has 0 saturated carbocycles. The maximum Gasteiger partial charge on any atom is 0.274 e. The van der Waals surface area contributed by atoms with Gasteiger partial charge in [0, 0.05) is 18.3 Å². The van der Waals surface area contributed by atoms with Gasteiger partial charge in [-0.15, -0.1) is 0 Å². The lowest BCUT2D eigenvalue weighted by atomic mass is 10.1. The lowest BCUT2D eigenvalue weighted by Gasteiger charge is -2.11. The lowest BCUT2D eigenvalue weighted by Crippen LogP contribution is -2.16. The van der Waals surface area contributed by atoms with Gasteiger partial charge < -0.3 is 15.4 Å². The molecule has 0 spiro atoms. The Morgan fingerprint density at radius 3 is 2.38 bits per heavy atom. The number of nitrogens with zero attached hydrogens (tertiary/aromatic N) is 2. The molecular weight excluding hydrogens is 364 g/mol. The van der Waals surface area contributed by atoms with Crippen LogP contribution in [0.4, 0.5) is 11.5 Å². The molecule has 3 aromatic rings. The first-order chi connectivity index (χ1) is 14.0. The molecule has 1 heterocycles. The number of rotatable bonds is 8. The zero-order valence-electron chi connectivity index (χ0n) is 17.0. The molecule has 6 heteroatoms. The second-order valence-electron chi connectivity index (χ2n) is 7.19. The van der Waals surface area contributed by atoms with Crippen molar-refractivity contribution in [3.05, 3.63) is 72.2 Å². The second-order valence-corrected chi connectivity index (χ2v) is 7.19. The molecule has 1 aromatic heterocycles. The number of ether oxygens (including phenoxy) is 1. The van der Waals surface area contributed by atoms with Crippen molar-refractivity contribution < 1.29 is 9.53 Å². The summed E-state index contributed by atoms with van der Waals surface area (Å²) in [5, 5.41) is 6.12. The van der Waals surface area contributed by atoms with E-state index in [0.717, 1.165) is 18.7 Å². The second kappa shape index (κ2) is 9.68. The fourth-order valence-electron chi connectivity index (χ4n) is 2.69. The summed E-state index contributed by atoms with van der Waals surface area (Å²) in [6.45, 7) is 6.92. The van der Waals surface area contributed by atoms with Crippen molar-refractivity contribution in [3.63, 3.8) is 0 Å². The van der Waals surface area contributed by atoms with Gasteiger partial charge >= 0.3 is 0 Å². The largest absolute Gasteiger partial charge is 0.457 e. The number of carbonyl (C=O) groups is 1. The average Bonchev–Trinajstić information content (AvgIpc) is 2.69. The molecule has 3 rings (SSSR count). The van der Waals surface area contributed by atoms with E-state index in [0.29, 0.717) is 34.7 Å². The van der Waals surface area contributed by atoms with E-state index < -0.39 is 0 Å². The van der Waals surface area contributed by atoms with Crippen LogP contribution in [0.3, 0.4) is 0 Å². The molecule has 0 saturated heterocycles. The number of amides is 1. The van der Waals surface area contributed by atoms with Gasteiger partial charge in [-0.25, -0.2) is 9.97 Å². The Balaban J connectivity index is 1.63. The number of para-hydroxylation sites is 1. The summed E-state index contributed by atoms with van der Waals surface area (Å²) < 4.78 is 5.77. The number of hydrogen-bond acceptors (Lipinski definition) is 5. The molecule has 29 heavy (non-hydrogen) atoms. The molecule has 0 aliphatic carbocycles. The number of nitrogens with one attached hydrogen (secondary N) is 2. The summed E-state index contributed by atoms with van der Waals surface area (Å²) in [6.07, 6.45) is 1.03. The van der Waals surface area contributed by atoms with Gasteiger partial charge in [0.2, 0.25) is 0 Å². The number of hydrogen-bond donors (Lipinski definition) is 2. The summed E-state index contributed by atoms with van der Waals surface area (Å²) in [5.74, 6) is 2.99. The van der Waals surface area contributed by atoms with E-state index >= 15 is 0 Å². The number of carbonyl (C=O) groups excluding carboxylic acids is 1. The molecular formula is C23H26N4O2. The van der Waals surface area contributed by atoms with Crippen LogP contribution in [0.1, 0.15) is 36.6 Å². The number of benzene rings is 2. The molecule has 1 amide bonds. The van der Waals surface area contributed by atoms with E-state index in [-0.39, 0.29) is 5.91 Å². The predicted molar refractivity (Wildman–Crippen MR) is 116 cm³/mol. The van der Waals surface area contributed by atoms with Crippen LogP contribution in [0.5, 0.6) is 11.5 Å². The predicted octanol–water partition coefficient (Wildman–Crippen LogP) is 5.29. The topological polar surface area (TPSA) is 76.1 Å².